The van der Waals surface area contributed by atoms with Crippen LogP contribution in [0.1, 0.15) is 29.9 Å². The van der Waals surface area contributed by atoms with Crippen molar-refractivity contribution in [3.63, 3.8) is 0 Å². The van der Waals surface area contributed by atoms with Crippen molar-refractivity contribution in [2.45, 2.75) is 30.6 Å². The number of aromatic nitrogens is 2. The standard InChI is InChI=1S/C20H16Cl2N2O4S/c1-12-3-2-4-16(13-5-6-13)19(12)27-20-17(11-18(22)23-24-20)28-29(25,26)15-9-7-14(21)8-10-15/h2-4,7-11,13H,5-6H2,1H3. The van der Waals surface area contributed by atoms with Gasteiger partial charge >= 0.3 is 10.1 Å². The Morgan fingerprint density at radius 2 is 1.76 bits per heavy atom. The second-order valence-corrected chi connectivity index (χ2v) is 9.07. The Morgan fingerprint density at radius 3 is 2.45 bits per heavy atom. The molecule has 6 nitrogen and oxygen atoms in total. The Kier molecular flexibility index (Phi) is 5.38. The second-order valence-electron chi connectivity index (χ2n) is 6.70. The van der Waals surface area contributed by atoms with E-state index in [-0.39, 0.29) is 21.7 Å². The van der Waals surface area contributed by atoms with Gasteiger partial charge in [-0.1, -0.05) is 41.4 Å². The molecule has 0 aliphatic heterocycles. The molecule has 1 aromatic heterocycles. The molecule has 0 amide bonds. The second kappa shape index (κ2) is 7.82. The van der Waals surface area contributed by atoms with Crippen LogP contribution in [-0.2, 0) is 10.1 Å². The molecule has 3 aromatic rings. The van der Waals surface area contributed by atoms with Crippen LogP contribution in [0.15, 0.2) is 53.4 Å². The summed E-state index contributed by atoms with van der Waals surface area (Å²) in [5, 5.41) is 8.07. The fourth-order valence-electron chi connectivity index (χ4n) is 2.87. The van der Waals surface area contributed by atoms with Gasteiger partial charge in [0.2, 0.25) is 5.75 Å². The van der Waals surface area contributed by atoms with Crippen LogP contribution >= 0.6 is 23.2 Å². The zero-order valence-corrected chi connectivity index (χ0v) is 17.6. The van der Waals surface area contributed by atoms with Gasteiger partial charge in [0.05, 0.1) is 0 Å². The third-order valence-electron chi connectivity index (χ3n) is 4.46. The normalized spacial score (nSPS) is 13.9. The predicted octanol–water partition coefficient (Wildman–Crippen LogP) is 5.53. The van der Waals surface area contributed by atoms with Crippen LogP contribution < -0.4 is 8.92 Å². The summed E-state index contributed by atoms with van der Waals surface area (Å²) >= 11 is 11.7. The Balaban J connectivity index is 1.70. The van der Waals surface area contributed by atoms with Crippen LogP contribution in [0.2, 0.25) is 10.2 Å². The third kappa shape index (κ3) is 4.47. The summed E-state index contributed by atoms with van der Waals surface area (Å²) < 4.78 is 36.6. The van der Waals surface area contributed by atoms with E-state index in [1.807, 2.05) is 25.1 Å². The maximum Gasteiger partial charge on any atom is 0.339 e. The molecule has 150 valence electrons. The molecule has 4 rings (SSSR count). The highest BCUT2D eigenvalue weighted by atomic mass is 35.5. The molecule has 2 aromatic carbocycles. The van der Waals surface area contributed by atoms with Crippen LogP contribution in [0.25, 0.3) is 0 Å². The molecule has 1 aliphatic carbocycles. The maximum absolute atomic E-state index is 12.7. The summed E-state index contributed by atoms with van der Waals surface area (Å²) in [5.41, 5.74) is 1.95. The smallest absolute Gasteiger partial charge is 0.339 e. The summed E-state index contributed by atoms with van der Waals surface area (Å²) in [5.74, 6) is 0.820. The number of halogens is 2. The summed E-state index contributed by atoms with van der Waals surface area (Å²) in [6.07, 6.45) is 2.17. The molecule has 1 aliphatic rings. The van der Waals surface area contributed by atoms with E-state index in [0.717, 1.165) is 24.0 Å². The number of nitrogens with zero attached hydrogens (tertiary/aromatic N) is 2. The highest BCUT2D eigenvalue weighted by Gasteiger charge is 2.29. The van der Waals surface area contributed by atoms with Crippen molar-refractivity contribution in [1.82, 2.24) is 10.2 Å². The minimum atomic E-state index is -4.15. The van der Waals surface area contributed by atoms with Gasteiger partial charge in [0.25, 0.3) is 5.88 Å². The number of para-hydroxylation sites is 1. The van der Waals surface area contributed by atoms with Crippen molar-refractivity contribution >= 4 is 33.3 Å². The lowest BCUT2D eigenvalue weighted by Crippen LogP contribution is -2.11. The van der Waals surface area contributed by atoms with E-state index in [0.29, 0.717) is 16.7 Å². The first-order valence-corrected chi connectivity index (χ1v) is 11.0. The zero-order valence-electron chi connectivity index (χ0n) is 15.3. The number of aryl methyl sites for hydroxylation is 1. The first-order chi connectivity index (χ1) is 13.8. The molecule has 1 fully saturated rings. The summed E-state index contributed by atoms with van der Waals surface area (Å²) in [6.45, 7) is 1.91. The minimum absolute atomic E-state index is 0.0224. The van der Waals surface area contributed by atoms with Crippen LogP contribution in [0.5, 0.6) is 17.4 Å². The number of hydrogen-bond donors (Lipinski definition) is 0. The fourth-order valence-corrected chi connectivity index (χ4v) is 4.05. The van der Waals surface area contributed by atoms with Crippen LogP contribution in [0, 0.1) is 6.92 Å². The quantitative estimate of drug-likeness (QED) is 0.459. The molecule has 9 heteroatoms. The lowest BCUT2D eigenvalue weighted by Gasteiger charge is -2.15. The van der Waals surface area contributed by atoms with Crippen molar-refractivity contribution in [1.29, 1.82) is 0 Å². The van der Waals surface area contributed by atoms with Crippen LogP contribution in [0.4, 0.5) is 0 Å². The third-order valence-corrected chi connectivity index (χ3v) is 6.14. The Bertz CT molecular complexity index is 1160. The Hall–Kier alpha value is -2.35. The molecule has 0 radical (unpaired) electrons. The highest BCUT2D eigenvalue weighted by Crippen LogP contribution is 2.47. The van der Waals surface area contributed by atoms with E-state index in [1.165, 1.54) is 30.3 Å². The number of rotatable bonds is 6. The van der Waals surface area contributed by atoms with E-state index >= 15 is 0 Å². The van der Waals surface area contributed by atoms with E-state index < -0.39 is 10.1 Å². The number of ether oxygens (including phenoxy) is 1. The highest BCUT2D eigenvalue weighted by molar-refractivity contribution is 7.87. The van der Waals surface area contributed by atoms with E-state index in [1.54, 1.807) is 0 Å². The molecular formula is C20H16Cl2N2O4S. The molecular weight excluding hydrogens is 435 g/mol. The maximum atomic E-state index is 12.7. The molecule has 0 saturated heterocycles. The Morgan fingerprint density at radius 1 is 1.03 bits per heavy atom. The number of benzene rings is 2. The van der Waals surface area contributed by atoms with Gasteiger partial charge in [0, 0.05) is 11.1 Å². The first-order valence-electron chi connectivity index (χ1n) is 8.84. The molecule has 0 bridgehead atoms. The lowest BCUT2D eigenvalue weighted by molar-refractivity contribution is 0.410. The summed E-state index contributed by atoms with van der Waals surface area (Å²) in [4.78, 5) is -0.0599. The molecule has 1 saturated carbocycles. The SMILES string of the molecule is Cc1cccc(C2CC2)c1Oc1nnc(Cl)cc1OS(=O)(=O)c1ccc(Cl)cc1. The first kappa shape index (κ1) is 19.9. The minimum Gasteiger partial charge on any atom is -0.434 e. The van der Waals surface area contributed by atoms with E-state index in [4.69, 9.17) is 32.1 Å². The van der Waals surface area contributed by atoms with Crippen LogP contribution in [0.3, 0.4) is 0 Å². The molecule has 0 unspecified atom stereocenters. The average Bonchev–Trinajstić information content (AvgIpc) is 3.50. The zero-order chi connectivity index (χ0) is 20.6. The van der Waals surface area contributed by atoms with Gasteiger partial charge in [-0.2, -0.15) is 8.42 Å². The van der Waals surface area contributed by atoms with Gasteiger partial charge in [-0.25, -0.2) is 0 Å². The molecule has 0 spiro atoms. The van der Waals surface area contributed by atoms with Crippen molar-refractivity contribution < 1.29 is 17.3 Å². The monoisotopic (exact) mass is 450 g/mol. The fraction of sp³-hybridized carbons (Fsp3) is 0.200. The van der Waals surface area contributed by atoms with Crippen LogP contribution in [-0.4, -0.2) is 18.6 Å². The largest absolute Gasteiger partial charge is 0.434 e. The lowest BCUT2D eigenvalue weighted by atomic mass is 10.1. The van der Waals surface area contributed by atoms with Gasteiger partial charge in [-0.3, -0.25) is 0 Å². The average molecular weight is 451 g/mol. The van der Waals surface area contributed by atoms with Gasteiger partial charge in [-0.05, 0) is 61.1 Å². The topological polar surface area (TPSA) is 78.4 Å². The Labute approximate surface area is 178 Å². The molecule has 29 heavy (non-hydrogen) atoms. The molecule has 0 atom stereocenters. The van der Waals surface area contributed by atoms with Crippen molar-refractivity contribution in [3.8, 4) is 17.4 Å². The predicted molar refractivity (Wildman–Crippen MR) is 110 cm³/mol. The summed E-state index contributed by atoms with van der Waals surface area (Å²) in [7, 11) is -4.15. The summed E-state index contributed by atoms with van der Waals surface area (Å²) in [6, 6.07) is 12.7. The number of hydrogen-bond acceptors (Lipinski definition) is 6. The molecule has 0 N–H and O–H groups in total. The molecule has 1 heterocycles. The van der Waals surface area contributed by atoms with Gasteiger partial charge in [-0.15, -0.1) is 10.2 Å². The van der Waals surface area contributed by atoms with E-state index in [9.17, 15) is 8.42 Å². The van der Waals surface area contributed by atoms with Gasteiger partial charge < -0.3 is 8.92 Å². The van der Waals surface area contributed by atoms with Gasteiger partial charge in [0.1, 0.15) is 10.6 Å². The van der Waals surface area contributed by atoms with Crippen molar-refractivity contribution in [3.05, 3.63) is 69.8 Å². The van der Waals surface area contributed by atoms with Crippen molar-refractivity contribution in [2.75, 3.05) is 0 Å². The van der Waals surface area contributed by atoms with Gasteiger partial charge in [0.15, 0.2) is 5.15 Å². The van der Waals surface area contributed by atoms with E-state index in [2.05, 4.69) is 10.2 Å². The van der Waals surface area contributed by atoms with Crippen molar-refractivity contribution in [2.24, 2.45) is 0 Å².